The minimum Gasteiger partial charge on any atom is -0.479 e. The molecule has 0 spiro atoms. The molecule has 0 amide bonds. The largest absolute Gasteiger partial charge is 0.479 e. The average Bonchev–Trinajstić information content (AvgIpc) is 2.72. The van der Waals surface area contributed by atoms with E-state index < -0.39 is 0 Å². The van der Waals surface area contributed by atoms with Gasteiger partial charge in [0, 0.05) is 6.54 Å². The quantitative estimate of drug-likeness (QED) is 0.808. The highest BCUT2D eigenvalue weighted by Gasteiger charge is 2.24. The predicted molar refractivity (Wildman–Crippen MR) is 73.5 cm³/mol. The van der Waals surface area contributed by atoms with Gasteiger partial charge >= 0.3 is 0 Å². The molecule has 1 aliphatic carbocycles. The molecule has 2 aromatic heterocycles. The highest BCUT2D eigenvalue weighted by molar-refractivity contribution is 6.20. The van der Waals surface area contributed by atoms with Crippen LogP contribution in [0.15, 0.2) is 6.33 Å². The molecular weight excluding hydrogens is 264 g/mol. The van der Waals surface area contributed by atoms with Gasteiger partial charge in [0.05, 0.1) is 12.5 Å². The van der Waals surface area contributed by atoms with E-state index in [0.717, 1.165) is 18.0 Å². The van der Waals surface area contributed by atoms with E-state index in [0.29, 0.717) is 17.3 Å². The first-order valence-corrected chi connectivity index (χ1v) is 7.03. The molecule has 3 rings (SSSR count). The maximum Gasteiger partial charge on any atom is 0.245 e. The monoisotopic (exact) mass is 280 g/mol. The zero-order valence-corrected chi connectivity index (χ0v) is 11.9. The smallest absolute Gasteiger partial charge is 0.245 e. The molecule has 0 N–H and O–H groups in total. The molecular formula is C13H17ClN4O. The van der Waals surface area contributed by atoms with Crippen LogP contribution in [-0.4, -0.2) is 26.6 Å². The normalized spacial score (nSPS) is 17.4. The molecule has 1 aliphatic rings. The van der Waals surface area contributed by atoms with E-state index in [-0.39, 0.29) is 5.38 Å². The lowest BCUT2D eigenvalue weighted by Gasteiger charge is -2.26. The lowest BCUT2D eigenvalue weighted by molar-refractivity contribution is 0.276. The molecule has 1 saturated carbocycles. The molecule has 0 aromatic carbocycles. The Balaban J connectivity index is 2.12. The molecule has 0 radical (unpaired) electrons. The fourth-order valence-electron chi connectivity index (χ4n) is 2.50. The summed E-state index contributed by atoms with van der Waals surface area (Å²) in [6.45, 7) is 2.86. The maximum absolute atomic E-state index is 6.25. The van der Waals surface area contributed by atoms with E-state index in [1.165, 1.54) is 25.6 Å². The molecule has 0 bridgehead atoms. The second-order valence-electron chi connectivity index (χ2n) is 5.05. The Hall–Kier alpha value is -1.36. The van der Waals surface area contributed by atoms with E-state index in [4.69, 9.17) is 16.3 Å². The Morgan fingerprint density at radius 2 is 2.26 bits per heavy atom. The molecule has 5 nitrogen and oxygen atoms in total. The van der Waals surface area contributed by atoms with Gasteiger partial charge < -0.3 is 9.30 Å². The Labute approximate surface area is 117 Å². The van der Waals surface area contributed by atoms with Crippen molar-refractivity contribution in [3.05, 3.63) is 12.2 Å². The van der Waals surface area contributed by atoms with Crippen molar-refractivity contribution in [2.75, 3.05) is 7.11 Å². The molecule has 102 valence electrons. The number of ether oxygens (including phenoxy) is 1. The standard InChI is InChI=1S/C13H17ClN4O/c1-8(14)11-17-10-12(15-7-16-13(10)19-2)18(11)6-9-4-3-5-9/h7-9H,3-6H2,1-2H3. The fourth-order valence-corrected chi connectivity index (χ4v) is 2.67. The van der Waals surface area contributed by atoms with Crippen molar-refractivity contribution < 1.29 is 4.74 Å². The molecule has 0 aliphatic heterocycles. The van der Waals surface area contributed by atoms with Crippen LogP contribution in [0.25, 0.3) is 11.2 Å². The molecule has 19 heavy (non-hydrogen) atoms. The molecule has 0 saturated heterocycles. The number of alkyl halides is 1. The topological polar surface area (TPSA) is 52.8 Å². The molecule has 1 unspecified atom stereocenters. The van der Waals surface area contributed by atoms with E-state index in [9.17, 15) is 0 Å². The van der Waals surface area contributed by atoms with Gasteiger partial charge in [-0.2, -0.15) is 4.98 Å². The number of hydrogen-bond donors (Lipinski definition) is 0. The highest BCUT2D eigenvalue weighted by atomic mass is 35.5. The van der Waals surface area contributed by atoms with Crippen LogP contribution in [0.1, 0.15) is 37.4 Å². The summed E-state index contributed by atoms with van der Waals surface area (Å²) in [5.41, 5.74) is 1.52. The predicted octanol–water partition coefficient (Wildman–Crippen LogP) is 2.93. The van der Waals surface area contributed by atoms with Crippen LogP contribution in [0, 0.1) is 5.92 Å². The van der Waals surface area contributed by atoms with Crippen LogP contribution in [0.4, 0.5) is 0 Å². The third kappa shape index (κ3) is 2.16. The number of hydrogen-bond acceptors (Lipinski definition) is 4. The Bertz CT molecular complexity index is 592. The van der Waals surface area contributed by atoms with Gasteiger partial charge in [0.1, 0.15) is 12.2 Å². The zero-order chi connectivity index (χ0) is 13.4. The fraction of sp³-hybridized carbons (Fsp3) is 0.615. The first-order valence-electron chi connectivity index (χ1n) is 6.60. The molecule has 1 fully saturated rings. The van der Waals surface area contributed by atoms with E-state index in [1.54, 1.807) is 7.11 Å². The summed E-state index contributed by atoms with van der Waals surface area (Å²) in [4.78, 5) is 13.0. The van der Waals surface area contributed by atoms with Crippen molar-refractivity contribution in [1.82, 2.24) is 19.5 Å². The van der Waals surface area contributed by atoms with Gasteiger partial charge in [0.25, 0.3) is 0 Å². The summed E-state index contributed by atoms with van der Waals surface area (Å²) in [5, 5.41) is -0.154. The maximum atomic E-state index is 6.25. The average molecular weight is 281 g/mol. The first-order chi connectivity index (χ1) is 9.20. The lowest BCUT2D eigenvalue weighted by Crippen LogP contribution is -2.19. The number of aromatic nitrogens is 4. The van der Waals surface area contributed by atoms with Crippen LogP contribution >= 0.6 is 11.6 Å². The summed E-state index contributed by atoms with van der Waals surface area (Å²) < 4.78 is 7.38. The van der Waals surface area contributed by atoms with Gasteiger partial charge in [0.15, 0.2) is 11.2 Å². The first kappa shape index (κ1) is 12.7. The number of methoxy groups -OCH3 is 1. The minimum atomic E-state index is -0.154. The zero-order valence-electron chi connectivity index (χ0n) is 11.1. The summed E-state index contributed by atoms with van der Waals surface area (Å²) in [7, 11) is 1.59. The number of imidazole rings is 1. The van der Waals surface area contributed by atoms with Crippen molar-refractivity contribution in [3.8, 4) is 5.88 Å². The number of nitrogens with zero attached hydrogens (tertiary/aromatic N) is 4. The van der Waals surface area contributed by atoms with Gasteiger partial charge in [-0.05, 0) is 25.7 Å². The van der Waals surface area contributed by atoms with Crippen molar-refractivity contribution >= 4 is 22.8 Å². The van der Waals surface area contributed by atoms with Crippen molar-refractivity contribution in [2.24, 2.45) is 5.92 Å². The van der Waals surface area contributed by atoms with Crippen molar-refractivity contribution in [2.45, 2.75) is 38.1 Å². The number of halogens is 1. The second kappa shape index (κ2) is 4.96. The van der Waals surface area contributed by atoms with Gasteiger partial charge in [-0.3, -0.25) is 0 Å². The van der Waals surface area contributed by atoms with Gasteiger partial charge in [0.2, 0.25) is 5.88 Å². The third-order valence-corrected chi connectivity index (χ3v) is 3.94. The van der Waals surface area contributed by atoms with Crippen LogP contribution in [0.2, 0.25) is 0 Å². The Kier molecular flexibility index (Phi) is 3.31. The second-order valence-corrected chi connectivity index (χ2v) is 5.70. The minimum absolute atomic E-state index is 0.154. The number of rotatable bonds is 4. The van der Waals surface area contributed by atoms with Crippen LogP contribution in [0.5, 0.6) is 5.88 Å². The SMILES string of the molecule is COc1ncnc2c1nc(C(C)Cl)n2CC1CCC1. The van der Waals surface area contributed by atoms with Crippen molar-refractivity contribution in [1.29, 1.82) is 0 Å². The van der Waals surface area contributed by atoms with E-state index in [1.807, 2.05) is 6.92 Å². The van der Waals surface area contributed by atoms with Crippen LogP contribution in [-0.2, 0) is 6.54 Å². The lowest BCUT2D eigenvalue weighted by atomic mass is 9.85. The van der Waals surface area contributed by atoms with E-state index in [2.05, 4.69) is 19.5 Å². The third-order valence-electron chi connectivity index (χ3n) is 3.74. The van der Waals surface area contributed by atoms with Crippen LogP contribution < -0.4 is 4.74 Å². The molecule has 2 heterocycles. The summed E-state index contributed by atoms with van der Waals surface area (Å²) in [6.07, 6.45) is 5.39. The van der Waals surface area contributed by atoms with Gasteiger partial charge in [-0.1, -0.05) is 6.42 Å². The van der Waals surface area contributed by atoms with Gasteiger partial charge in [-0.15, -0.1) is 11.6 Å². The summed E-state index contributed by atoms with van der Waals surface area (Å²) >= 11 is 6.25. The molecule has 6 heteroatoms. The Morgan fingerprint density at radius 3 is 2.84 bits per heavy atom. The van der Waals surface area contributed by atoms with E-state index >= 15 is 0 Å². The summed E-state index contributed by atoms with van der Waals surface area (Å²) in [6, 6.07) is 0. The van der Waals surface area contributed by atoms with Crippen LogP contribution in [0.3, 0.4) is 0 Å². The van der Waals surface area contributed by atoms with Crippen molar-refractivity contribution in [3.63, 3.8) is 0 Å². The molecule has 1 atom stereocenters. The van der Waals surface area contributed by atoms with Gasteiger partial charge in [-0.25, -0.2) is 9.97 Å². The highest BCUT2D eigenvalue weighted by Crippen LogP contribution is 2.33. The number of fused-ring (bicyclic) bond motifs is 1. The molecule has 2 aromatic rings. The summed E-state index contributed by atoms with van der Waals surface area (Å²) in [5.74, 6) is 2.07. The Morgan fingerprint density at radius 1 is 1.47 bits per heavy atom.